The zero-order chi connectivity index (χ0) is 37.8. The molecule has 0 aromatic carbocycles. The van der Waals surface area contributed by atoms with Crippen molar-refractivity contribution in [2.45, 2.75) is 179 Å². The maximum Gasteiger partial charge on any atom is 0.227 e. The molecular weight excluding hydrogens is 700 g/mol. The minimum atomic E-state index is -2.35. The summed E-state index contributed by atoms with van der Waals surface area (Å²) in [6.45, 7) is 27.3. The molecule has 2 aromatic heterocycles. The fraction of sp³-hybridized carbons (Fsp3) is 0.833. The fourth-order valence-electron chi connectivity index (χ4n) is 10.2. The van der Waals surface area contributed by atoms with Crippen LogP contribution in [-0.2, 0) is 8.85 Å². The lowest BCUT2D eigenvalue weighted by atomic mass is 9.86. The van der Waals surface area contributed by atoms with Gasteiger partial charge in [0.15, 0.2) is 0 Å². The Bertz CT molecular complexity index is 1330. The van der Waals surface area contributed by atoms with E-state index in [9.17, 15) is 10.2 Å². The molecule has 288 valence electrons. The van der Waals surface area contributed by atoms with Crippen molar-refractivity contribution in [3.05, 3.63) is 24.3 Å². The number of nitrogens with zero attached hydrogens (tertiary/aromatic N) is 6. The van der Waals surface area contributed by atoms with Gasteiger partial charge in [-0.1, -0.05) is 83.1 Å². The Balaban J connectivity index is 1.69. The van der Waals surface area contributed by atoms with E-state index in [0.717, 1.165) is 0 Å². The van der Waals surface area contributed by atoms with Gasteiger partial charge in [-0.15, -0.1) is 0 Å². The Morgan fingerprint density at radius 3 is 1.33 bits per heavy atom. The number of hydrogen-bond donors (Lipinski definition) is 4. The summed E-state index contributed by atoms with van der Waals surface area (Å²) < 4.78 is 14.8. The Hall–Kier alpha value is -1.82. The van der Waals surface area contributed by atoms with Crippen LogP contribution in [0.25, 0.3) is 0 Å². The molecule has 2 saturated carbocycles. The van der Waals surface area contributed by atoms with Crippen LogP contribution in [0, 0.1) is 11.8 Å². The van der Waals surface area contributed by atoms with Gasteiger partial charge in [-0.05, 0) is 70.5 Å². The number of aliphatic hydroxyl groups excluding tert-OH is 2. The summed E-state index contributed by atoms with van der Waals surface area (Å²) in [7, 11) is -4.68. The van der Waals surface area contributed by atoms with Gasteiger partial charge in [0.05, 0.1) is 24.4 Å². The van der Waals surface area contributed by atoms with Gasteiger partial charge in [0.25, 0.3) is 0 Å². The number of halogens is 1. The molecule has 2 aliphatic carbocycles. The van der Waals surface area contributed by atoms with Crippen LogP contribution >= 0.6 is 11.6 Å². The van der Waals surface area contributed by atoms with Crippen LogP contribution in [0.3, 0.4) is 0 Å². The van der Waals surface area contributed by atoms with Crippen LogP contribution in [0.4, 0.5) is 11.9 Å². The Morgan fingerprint density at radius 1 is 0.588 bits per heavy atom. The predicted octanol–water partition coefficient (Wildman–Crippen LogP) is 7.63. The number of hydrogen-bond acceptors (Lipinski definition) is 12. The van der Waals surface area contributed by atoms with Gasteiger partial charge in [0.1, 0.15) is 19.0 Å². The summed E-state index contributed by atoms with van der Waals surface area (Å²) in [5.74, 6) is 0.262. The lowest BCUT2D eigenvalue weighted by Gasteiger charge is -2.47. The van der Waals surface area contributed by atoms with E-state index in [4.69, 9.17) is 20.5 Å². The first-order valence-corrected chi connectivity index (χ1v) is 23.8. The third-order valence-corrected chi connectivity index (χ3v) is 24.6. The van der Waals surface area contributed by atoms with Crippen LogP contribution in [0.15, 0.2) is 19.0 Å². The van der Waals surface area contributed by atoms with Crippen molar-refractivity contribution in [2.75, 3.05) is 10.6 Å². The molecular formula is C36H65ClN8O4Si2. The van der Waals surface area contributed by atoms with Crippen LogP contribution in [0.1, 0.15) is 109 Å². The van der Waals surface area contributed by atoms with Crippen molar-refractivity contribution in [2.24, 2.45) is 11.8 Å². The van der Waals surface area contributed by atoms with Gasteiger partial charge in [0, 0.05) is 23.9 Å². The largest absolute Gasteiger partial charge is 0.413 e. The Kier molecular flexibility index (Phi) is 14.4. The minimum Gasteiger partial charge on any atom is -0.413 e. The van der Waals surface area contributed by atoms with Crippen LogP contribution in [0.5, 0.6) is 0 Å². The van der Waals surface area contributed by atoms with Gasteiger partial charge < -0.3 is 29.7 Å². The van der Waals surface area contributed by atoms with Gasteiger partial charge in [-0.2, -0.15) is 4.98 Å². The van der Waals surface area contributed by atoms with Crippen molar-refractivity contribution in [3.63, 3.8) is 0 Å². The third-order valence-electron chi connectivity index (χ3n) is 12.2. The molecule has 51 heavy (non-hydrogen) atoms. The average Bonchev–Trinajstić information content (AvgIpc) is 3.63. The highest BCUT2D eigenvalue weighted by atomic mass is 35.5. The Morgan fingerprint density at radius 2 is 0.961 bits per heavy atom. The molecule has 4 rings (SSSR count). The maximum atomic E-state index is 12.4. The van der Waals surface area contributed by atoms with Crippen molar-refractivity contribution in [1.29, 1.82) is 0 Å². The standard InChI is InChI=1S/C36H65ClN8O4Si2/c1-20(2)50(21(3)4,22(5)6)48-30-15-26(43-35-40-17-38-18-41-35)13-28(30)32(46)33(47)29-14-27(44-36-42-19-39-34(37)45-36)16-31(29)49-51(23(7)8,24(9)10)25(11)12/h17-33,46-47H,13-16H2,1-12H3,(H,38,40,41,43)(H,39,42,44,45)/t26-,27-,28+,29+,30+,31+,32?,33?/m1/s1. The molecule has 8 atom stereocenters. The maximum absolute atomic E-state index is 12.4. The first-order chi connectivity index (χ1) is 23.9. The summed E-state index contributed by atoms with van der Waals surface area (Å²) in [5, 5.41) is 31.8. The molecule has 2 aliphatic rings. The molecule has 12 nitrogen and oxygen atoms in total. The highest BCUT2D eigenvalue weighted by Crippen LogP contribution is 2.49. The zero-order valence-corrected chi connectivity index (χ0v) is 35.7. The molecule has 0 aliphatic heterocycles. The van der Waals surface area contributed by atoms with Gasteiger partial charge in [-0.3, -0.25) is 0 Å². The number of anilines is 2. The molecule has 0 amide bonds. The molecule has 0 saturated heterocycles. The number of aromatic nitrogens is 6. The summed E-state index contributed by atoms with van der Waals surface area (Å²) in [6, 6.07) is -0.126. The minimum absolute atomic E-state index is 0.0380. The van der Waals surface area contributed by atoms with Crippen molar-refractivity contribution in [1.82, 2.24) is 29.9 Å². The average molecular weight is 766 g/mol. The number of nitrogens with one attached hydrogen (secondary N) is 2. The van der Waals surface area contributed by atoms with Crippen LogP contribution in [-0.4, -0.2) is 93.3 Å². The quantitative estimate of drug-likeness (QED) is 0.117. The number of aliphatic hydroxyl groups is 2. The molecule has 15 heteroatoms. The monoisotopic (exact) mass is 764 g/mol. The zero-order valence-electron chi connectivity index (χ0n) is 32.9. The van der Waals surface area contributed by atoms with E-state index in [0.29, 0.717) is 70.8 Å². The van der Waals surface area contributed by atoms with E-state index < -0.39 is 28.8 Å². The smallest absolute Gasteiger partial charge is 0.227 e. The van der Waals surface area contributed by atoms with E-state index in [-0.39, 0.29) is 41.4 Å². The molecule has 0 radical (unpaired) electrons. The molecule has 0 bridgehead atoms. The SMILES string of the molecule is CC(C)[Si](O[C@H]1C[C@H](Nc2ncncn2)C[C@@H]1C(O)C(O)[C@H]1C[C@@H](Nc2ncnc(Cl)n2)C[C@@H]1O[Si](C(C)C)(C(C)C)C(C)C)(C(C)C)C(C)C. The highest BCUT2D eigenvalue weighted by molar-refractivity contribution is 6.78. The lowest BCUT2D eigenvalue weighted by Crippen LogP contribution is -2.54. The first-order valence-electron chi connectivity index (χ1n) is 19.1. The molecule has 2 fully saturated rings. The third kappa shape index (κ3) is 9.12. The summed E-state index contributed by atoms with van der Waals surface area (Å²) in [6.07, 6.45) is 4.29. The highest BCUT2D eigenvalue weighted by Gasteiger charge is 2.55. The molecule has 2 aromatic rings. The normalized spacial score (nSPS) is 25.9. The summed E-state index contributed by atoms with van der Waals surface area (Å²) in [5.41, 5.74) is 2.22. The van der Waals surface area contributed by atoms with E-state index in [1.54, 1.807) is 0 Å². The first kappa shape index (κ1) is 41.9. The van der Waals surface area contributed by atoms with E-state index in [1.165, 1.54) is 19.0 Å². The van der Waals surface area contributed by atoms with E-state index in [2.05, 4.69) is 124 Å². The van der Waals surface area contributed by atoms with Crippen molar-refractivity contribution >= 4 is 40.1 Å². The topological polar surface area (TPSA) is 160 Å². The predicted molar refractivity (Wildman–Crippen MR) is 209 cm³/mol. The second kappa shape index (κ2) is 17.5. The molecule has 2 heterocycles. The fourth-order valence-corrected chi connectivity index (χ4v) is 21.5. The number of rotatable bonds is 17. The summed E-state index contributed by atoms with van der Waals surface area (Å²) in [4.78, 5) is 25.1. The van der Waals surface area contributed by atoms with E-state index >= 15 is 0 Å². The van der Waals surface area contributed by atoms with Crippen LogP contribution in [0.2, 0.25) is 38.5 Å². The van der Waals surface area contributed by atoms with Crippen molar-refractivity contribution in [3.8, 4) is 0 Å². The Labute approximate surface area is 313 Å². The van der Waals surface area contributed by atoms with Gasteiger partial charge >= 0.3 is 0 Å². The van der Waals surface area contributed by atoms with E-state index in [1.807, 2.05) is 0 Å². The molecule has 4 N–H and O–H groups in total. The van der Waals surface area contributed by atoms with Gasteiger partial charge in [0.2, 0.25) is 33.8 Å². The second-order valence-corrected chi connectivity index (χ2v) is 28.1. The van der Waals surface area contributed by atoms with Gasteiger partial charge in [-0.25, -0.2) is 24.9 Å². The lowest BCUT2D eigenvalue weighted by molar-refractivity contribution is -0.0848. The summed E-state index contributed by atoms with van der Waals surface area (Å²) >= 11 is 6.11. The second-order valence-electron chi connectivity index (χ2n) is 16.9. The van der Waals surface area contributed by atoms with Crippen LogP contribution < -0.4 is 10.6 Å². The molecule has 0 spiro atoms. The van der Waals surface area contributed by atoms with Crippen molar-refractivity contribution < 1.29 is 19.1 Å². The molecule has 2 unspecified atom stereocenters.